The van der Waals surface area contributed by atoms with Crippen LogP contribution in [0.4, 0.5) is 4.79 Å². The summed E-state index contributed by atoms with van der Waals surface area (Å²) in [6, 6.07) is 1.29. The van der Waals surface area contributed by atoms with Crippen LogP contribution in [0.15, 0.2) is 6.07 Å². The third-order valence-corrected chi connectivity index (χ3v) is 4.94. The van der Waals surface area contributed by atoms with E-state index in [0.29, 0.717) is 12.8 Å². The lowest BCUT2D eigenvalue weighted by molar-refractivity contribution is -0.158. The fourth-order valence-corrected chi connectivity index (χ4v) is 3.39. The predicted octanol–water partition coefficient (Wildman–Crippen LogP) is 2.18. The molecule has 2 heterocycles. The zero-order valence-electron chi connectivity index (χ0n) is 12.7. The Hall–Kier alpha value is -1.76. The molecular weight excluding hydrogens is 290 g/mol. The zero-order valence-corrected chi connectivity index (χ0v) is 13.5. The molecule has 21 heavy (non-hydrogen) atoms. The number of rotatable bonds is 4. The summed E-state index contributed by atoms with van der Waals surface area (Å²) in [5, 5.41) is 0. The number of hydrogen-bond donors (Lipinski definition) is 0. The second-order valence-electron chi connectivity index (χ2n) is 5.26. The van der Waals surface area contributed by atoms with Crippen LogP contribution < -0.4 is 0 Å². The lowest BCUT2D eigenvalue weighted by atomic mass is 9.78. The highest BCUT2D eigenvalue weighted by Gasteiger charge is 2.54. The number of aromatic nitrogens is 1. The quantitative estimate of drug-likeness (QED) is 0.799. The Balaban J connectivity index is 2.37. The largest absolute Gasteiger partial charge is 0.333 e. The Morgan fingerprint density at radius 3 is 2.29 bits per heavy atom. The number of aryl methyl sites for hydroxylation is 1. The van der Waals surface area contributed by atoms with Gasteiger partial charge >= 0.3 is 6.03 Å². The van der Waals surface area contributed by atoms with Crippen LogP contribution >= 0.6 is 11.5 Å². The van der Waals surface area contributed by atoms with E-state index in [9.17, 15) is 14.4 Å². The summed E-state index contributed by atoms with van der Waals surface area (Å²) in [6.07, 6.45) is 0.772. The van der Waals surface area contributed by atoms with E-state index in [-0.39, 0.29) is 6.54 Å². The molecule has 6 nitrogen and oxygen atoms in total. The molecule has 114 valence electrons. The molecule has 1 fully saturated rings. The minimum Gasteiger partial charge on any atom is -0.273 e. The van der Waals surface area contributed by atoms with Crippen LogP contribution in [-0.2, 0) is 16.1 Å². The fourth-order valence-electron chi connectivity index (χ4n) is 2.67. The average molecular weight is 309 g/mol. The van der Waals surface area contributed by atoms with Crippen molar-refractivity contribution >= 4 is 29.4 Å². The Labute approximate surface area is 127 Å². The molecule has 0 N–H and O–H groups in total. The first kappa shape index (κ1) is 15.6. The van der Waals surface area contributed by atoms with E-state index in [1.807, 2.05) is 13.0 Å². The van der Waals surface area contributed by atoms with Crippen molar-refractivity contribution in [1.82, 2.24) is 14.2 Å². The van der Waals surface area contributed by atoms with Crippen molar-refractivity contribution < 1.29 is 14.4 Å². The summed E-state index contributed by atoms with van der Waals surface area (Å²) in [7, 11) is 1.43. The first-order valence-corrected chi connectivity index (χ1v) is 7.71. The van der Waals surface area contributed by atoms with Gasteiger partial charge in [-0.1, -0.05) is 13.8 Å². The van der Waals surface area contributed by atoms with Crippen LogP contribution in [0, 0.1) is 12.3 Å². The van der Waals surface area contributed by atoms with Crippen molar-refractivity contribution in [2.45, 2.75) is 40.2 Å². The molecule has 7 heteroatoms. The Kier molecular flexibility index (Phi) is 4.13. The Bertz CT molecular complexity index is 592. The van der Waals surface area contributed by atoms with Crippen LogP contribution in [0.3, 0.4) is 0 Å². The molecule has 4 amide bonds. The van der Waals surface area contributed by atoms with Gasteiger partial charge in [-0.3, -0.25) is 19.4 Å². The maximum absolute atomic E-state index is 12.7. The second kappa shape index (κ2) is 5.55. The van der Waals surface area contributed by atoms with E-state index >= 15 is 0 Å². The van der Waals surface area contributed by atoms with Crippen LogP contribution in [0.25, 0.3) is 0 Å². The van der Waals surface area contributed by atoms with Crippen molar-refractivity contribution in [3.05, 3.63) is 16.6 Å². The van der Waals surface area contributed by atoms with Gasteiger partial charge in [-0.25, -0.2) is 4.79 Å². The van der Waals surface area contributed by atoms with E-state index in [1.165, 1.54) is 23.5 Å². The van der Waals surface area contributed by atoms with Crippen molar-refractivity contribution in [3.8, 4) is 0 Å². The summed E-state index contributed by atoms with van der Waals surface area (Å²) >= 11 is 1.27. The van der Waals surface area contributed by atoms with E-state index in [2.05, 4.69) is 4.37 Å². The smallest absolute Gasteiger partial charge is 0.273 e. The van der Waals surface area contributed by atoms with Gasteiger partial charge in [0.05, 0.1) is 12.2 Å². The molecule has 1 aromatic heterocycles. The van der Waals surface area contributed by atoms with E-state index < -0.39 is 23.3 Å². The van der Waals surface area contributed by atoms with E-state index in [1.54, 1.807) is 13.8 Å². The summed E-state index contributed by atoms with van der Waals surface area (Å²) in [6.45, 7) is 5.64. The molecule has 0 aliphatic carbocycles. The number of barbiturate groups is 1. The van der Waals surface area contributed by atoms with Gasteiger partial charge in [0.2, 0.25) is 11.8 Å². The first-order valence-electron chi connectivity index (χ1n) is 6.93. The zero-order chi connectivity index (χ0) is 15.8. The standard InChI is InChI=1S/C14H19N3O3S/c1-5-14(6-2)11(18)16(4)13(20)17(12(14)19)8-10-7-9(3)15-21-10/h7H,5-6,8H2,1-4H3. The van der Waals surface area contributed by atoms with Gasteiger partial charge in [-0.2, -0.15) is 4.37 Å². The average Bonchev–Trinajstić information content (AvgIpc) is 2.88. The number of nitrogens with zero attached hydrogens (tertiary/aromatic N) is 3. The van der Waals surface area contributed by atoms with Gasteiger partial charge in [-0.05, 0) is 37.4 Å². The van der Waals surface area contributed by atoms with Gasteiger partial charge in [0.15, 0.2) is 0 Å². The fraction of sp³-hybridized carbons (Fsp3) is 0.571. The van der Waals surface area contributed by atoms with Crippen LogP contribution in [0.1, 0.15) is 37.3 Å². The summed E-state index contributed by atoms with van der Waals surface area (Å²) in [5.41, 5.74) is -0.267. The maximum Gasteiger partial charge on any atom is 0.333 e. The molecule has 2 rings (SSSR count). The number of imide groups is 2. The van der Waals surface area contributed by atoms with E-state index in [0.717, 1.165) is 15.5 Å². The SMILES string of the molecule is CCC1(CC)C(=O)N(C)C(=O)N(Cc2cc(C)ns2)C1=O. The molecule has 1 aliphatic heterocycles. The molecule has 0 spiro atoms. The highest BCUT2D eigenvalue weighted by molar-refractivity contribution is 7.05. The summed E-state index contributed by atoms with van der Waals surface area (Å²) < 4.78 is 4.15. The maximum atomic E-state index is 12.7. The number of carbonyl (C=O) groups excluding carboxylic acids is 3. The van der Waals surface area contributed by atoms with Gasteiger partial charge in [0.1, 0.15) is 5.41 Å². The van der Waals surface area contributed by atoms with Gasteiger partial charge < -0.3 is 0 Å². The highest BCUT2D eigenvalue weighted by Crippen LogP contribution is 2.36. The molecule has 1 aliphatic rings. The molecular formula is C14H19N3O3S. The van der Waals surface area contributed by atoms with Crippen LogP contribution in [0.5, 0.6) is 0 Å². The molecule has 0 aromatic carbocycles. The molecule has 0 bridgehead atoms. The number of urea groups is 1. The van der Waals surface area contributed by atoms with Crippen molar-refractivity contribution in [2.75, 3.05) is 7.05 Å². The summed E-state index contributed by atoms with van der Waals surface area (Å²) in [4.78, 5) is 40.4. The molecule has 0 unspecified atom stereocenters. The van der Waals surface area contributed by atoms with E-state index in [4.69, 9.17) is 0 Å². The number of hydrogen-bond acceptors (Lipinski definition) is 5. The van der Waals surface area contributed by atoms with Crippen LogP contribution in [-0.4, -0.2) is 39.1 Å². The molecule has 0 saturated carbocycles. The van der Waals surface area contributed by atoms with Crippen molar-refractivity contribution in [1.29, 1.82) is 0 Å². The van der Waals surface area contributed by atoms with Crippen molar-refractivity contribution in [2.24, 2.45) is 5.41 Å². The first-order chi connectivity index (χ1) is 9.87. The molecule has 1 aromatic rings. The molecule has 0 atom stereocenters. The lowest BCUT2D eigenvalue weighted by Gasteiger charge is -2.41. The van der Waals surface area contributed by atoms with Crippen LogP contribution in [0.2, 0.25) is 0 Å². The molecule has 0 radical (unpaired) electrons. The van der Waals surface area contributed by atoms with Crippen molar-refractivity contribution in [3.63, 3.8) is 0 Å². The molecule has 1 saturated heterocycles. The minimum atomic E-state index is -1.12. The number of amides is 4. The normalized spacial score (nSPS) is 18.6. The second-order valence-corrected chi connectivity index (χ2v) is 6.15. The highest BCUT2D eigenvalue weighted by atomic mass is 32.1. The monoisotopic (exact) mass is 309 g/mol. The third-order valence-electron chi connectivity index (χ3n) is 4.08. The Morgan fingerprint density at radius 2 is 1.81 bits per heavy atom. The number of carbonyl (C=O) groups is 3. The summed E-state index contributed by atoms with van der Waals surface area (Å²) in [5.74, 6) is -0.800. The lowest BCUT2D eigenvalue weighted by Crippen LogP contribution is -2.63. The Morgan fingerprint density at radius 1 is 1.19 bits per heavy atom. The van der Waals surface area contributed by atoms with Gasteiger partial charge in [0, 0.05) is 11.9 Å². The van der Waals surface area contributed by atoms with Gasteiger partial charge in [-0.15, -0.1) is 0 Å². The predicted molar refractivity (Wildman–Crippen MR) is 78.6 cm³/mol. The minimum absolute atomic E-state index is 0.169. The third kappa shape index (κ3) is 2.35. The topological polar surface area (TPSA) is 70.6 Å². The van der Waals surface area contributed by atoms with Gasteiger partial charge in [0.25, 0.3) is 0 Å².